The minimum absolute atomic E-state index is 0.301. The number of pyridine rings is 1. The number of benzene rings is 1. The number of hydrogen-bond donors (Lipinski definition) is 1. The second kappa shape index (κ2) is 4.84. The summed E-state index contributed by atoms with van der Waals surface area (Å²) in [7, 11) is 0. The number of anilines is 1. The van der Waals surface area contributed by atoms with E-state index in [-0.39, 0.29) is 5.82 Å². The van der Waals surface area contributed by atoms with Crippen molar-refractivity contribution in [1.82, 2.24) is 4.98 Å². The number of halogens is 2. The fraction of sp³-hybridized carbons (Fsp3) is 0.357. The van der Waals surface area contributed by atoms with E-state index in [1.165, 1.54) is 6.07 Å². The SMILES string of the molecule is Cc1cc(F)c(Br)c2c(N)cc(CC(C)C)nc12. The summed E-state index contributed by atoms with van der Waals surface area (Å²) in [5.74, 6) is 0.212. The zero-order valence-corrected chi connectivity index (χ0v) is 12.3. The Morgan fingerprint density at radius 1 is 1.39 bits per heavy atom. The van der Waals surface area contributed by atoms with E-state index in [2.05, 4.69) is 34.8 Å². The van der Waals surface area contributed by atoms with Crippen molar-refractivity contribution in [1.29, 1.82) is 0 Å². The molecule has 0 saturated heterocycles. The van der Waals surface area contributed by atoms with Crippen molar-refractivity contribution in [3.05, 3.63) is 33.7 Å². The molecule has 2 N–H and O–H groups in total. The van der Waals surface area contributed by atoms with Crippen LogP contribution in [0.2, 0.25) is 0 Å². The number of nitrogen functional groups attached to an aromatic ring is 1. The highest BCUT2D eigenvalue weighted by atomic mass is 79.9. The van der Waals surface area contributed by atoms with E-state index >= 15 is 0 Å². The summed E-state index contributed by atoms with van der Waals surface area (Å²) in [5, 5.41) is 0.667. The maximum absolute atomic E-state index is 13.7. The monoisotopic (exact) mass is 310 g/mol. The molecular formula is C14H16BrFN2. The van der Waals surface area contributed by atoms with Gasteiger partial charge in [-0.1, -0.05) is 13.8 Å². The summed E-state index contributed by atoms with van der Waals surface area (Å²) in [6, 6.07) is 3.32. The number of fused-ring (bicyclic) bond motifs is 1. The maximum atomic E-state index is 13.7. The van der Waals surface area contributed by atoms with Crippen LogP contribution in [0.25, 0.3) is 10.9 Å². The van der Waals surface area contributed by atoms with Crippen LogP contribution in [0.3, 0.4) is 0 Å². The van der Waals surface area contributed by atoms with Crippen molar-refractivity contribution in [3.8, 4) is 0 Å². The second-order valence-electron chi connectivity index (χ2n) is 5.01. The van der Waals surface area contributed by atoms with Crippen LogP contribution in [-0.2, 0) is 6.42 Å². The fourth-order valence-electron chi connectivity index (χ4n) is 2.10. The second-order valence-corrected chi connectivity index (χ2v) is 5.81. The molecule has 0 amide bonds. The molecule has 0 atom stereocenters. The molecule has 0 unspecified atom stereocenters. The van der Waals surface area contributed by atoms with E-state index in [9.17, 15) is 4.39 Å². The normalized spacial score (nSPS) is 11.4. The van der Waals surface area contributed by atoms with Crippen LogP contribution in [0.1, 0.15) is 25.1 Å². The van der Waals surface area contributed by atoms with Crippen LogP contribution in [0.4, 0.5) is 10.1 Å². The lowest BCUT2D eigenvalue weighted by atomic mass is 10.0. The molecule has 96 valence electrons. The number of rotatable bonds is 2. The summed E-state index contributed by atoms with van der Waals surface area (Å²) in [6.45, 7) is 6.12. The van der Waals surface area contributed by atoms with E-state index < -0.39 is 0 Å². The van der Waals surface area contributed by atoms with Gasteiger partial charge in [0.1, 0.15) is 5.82 Å². The maximum Gasteiger partial charge on any atom is 0.138 e. The van der Waals surface area contributed by atoms with Crippen molar-refractivity contribution in [2.75, 3.05) is 5.73 Å². The zero-order chi connectivity index (χ0) is 13.4. The van der Waals surface area contributed by atoms with E-state index in [0.717, 1.165) is 23.2 Å². The lowest BCUT2D eigenvalue weighted by Gasteiger charge is -2.12. The van der Waals surface area contributed by atoms with Gasteiger partial charge in [-0.15, -0.1) is 0 Å². The molecule has 0 aliphatic heterocycles. The van der Waals surface area contributed by atoms with Gasteiger partial charge in [0.2, 0.25) is 0 Å². The Kier molecular flexibility index (Phi) is 3.57. The van der Waals surface area contributed by atoms with Crippen molar-refractivity contribution >= 4 is 32.5 Å². The van der Waals surface area contributed by atoms with Gasteiger partial charge in [-0.25, -0.2) is 4.39 Å². The summed E-state index contributed by atoms with van der Waals surface area (Å²) < 4.78 is 14.1. The van der Waals surface area contributed by atoms with Gasteiger partial charge in [0.05, 0.1) is 9.99 Å². The number of nitrogens with zero attached hydrogens (tertiary/aromatic N) is 1. The molecule has 0 aliphatic rings. The van der Waals surface area contributed by atoms with Gasteiger partial charge in [0.25, 0.3) is 0 Å². The topological polar surface area (TPSA) is 38.9 Å². The third-order valence-corrected chi connectivity index (χ3v) is 3.64. The first-order chi connectivity index (χ1) is 8.40. The number of nitrogens with two attached hydrogens (primary N) is 1. The molecule has 0 aliphatic carbocycles. The largest absolute Gasteiger partial charge is 0.398 e. The van der Waals surface area contributed by atoms with Gasteiger partial charge in [-0.05, 0) is 52.9 Å². The third kappa shape index (κ3) is 2.34. The molecule has 2 aromatic rings. The van der Waals surface area contributed by atoms with Crippen LogP contribution in [0.15, 0.2) is 16.6 Å². The summed E-state index contributed by atoms with van der Waals surface area (Å²) in [5.41, 5.74) is 9.15. The minimum Gasteiger partial charge on any atom is -0.398 e. The fourth-order valence-corrected chi connectivity index (χ4v) is 2.63. The van der Waals surface area contributed by atoms with Crippen molar-refractivity contribution < 1.29 is 4.39 Å². The minimum atomic E-state index is -0.301. The van der Waals surface area contributed by atoms with Gasteiger partial charge in [-0.2, -0.15) is 0 Å². The van der Waals surface area contributed by atoms with Gasteiger partial charge in [0.15, 0.2) is 0 Å². The molecule has 0 bridgehead atoms. The Balaban J connectivity index is 2.73. The predicted molar refractivity (Wildman–Crippen MR) is 77.1 cm³/mol. The average molecular weight is 311 g/mol. The molecule has 4 heteroatoms. The lowest BCUT2D eigenvalue weighted by Crippen LogP contribution is -2.02. The Morgan fingerprint density at radius 2 is 2.06 bits per heavy atom. The van der Waals surface area contributed by atoms with Gasteiger partial charge < -0.3 is 5.73 Å². The highest BCUT2D eigenvalue weighted by molar-refractivity contribution is 9.10. The van der Waals surface area contributed by atoms with Gasteiger partial charge in [0, 0.05) is 16.8 Å². The van der Waals surface area contributed by atoms with Crippen LogP contribution < -0.4 is 5.73 Å². The molecule has 1 heterocycles. The molecule has 1 aromatic carbocycles. The molecule has 0 radical (unpaired) electrons. The Bertz CT molecular complexity index is 609. The lowest BCUT2D eigenvalue weighted by molar-refractivity contribution is 0.621. The van der Waals surface area contributed by atoms with Crippen LogP contribution in [-0.4, -0.2) is 4.98 Å². The quantitative estimate of drug-likeness (QED) is 0.901. The van der Waals surface area contributed by atoms with Crippen molar-refractivity contribution in [3.63, 3.8) is 0 Å². The molecule has 0 fully saturated rings. The smallest absolute Gasteiger partial charge is 0.138 e. The highest BCUT2D eigenvalue weighted by Crippen LogP contribution is 2.33. The summed E-state index contributed by atoms with van der Waals surface area (Å²) >= 11 is 3.25. The predicted octanol–water partition coefficient (Wildman–Crippen LogP) is 4.23. The van der Waals surface area contributed by atoms with Crippen molar-refractivity contribution in [2.24, 2.45) is 5.92 Å². The first-order valence-corrected chi connectivity index (χ1v) is 6.73. The molecule has 1 aromatic heterocycles. The van der Waals surface area contributed by atoms with Crippen LogP contribution in [0, 0.1) is 18.7 Å². The first kappa shape index (κ1) is 13.3. The van der Waals surface area contributed by atoms with Gasteiger partial charge >= 0.3 is 0 Å². The van der Waals surface area contributed by atoms with Crippen LogP contribution >= 0.6 is 15.9 Å². The standard InChI is InChI=1S/C14H16BrFN2/c1-7(2)4-9-6-11(17)12-13(15)10(16)5-8(3)14(12)18-9/h5-7H,4H2,1-3H3,(H2,17,18). The Hall–Kier alpha value is -1.16. The highest BCUT2D eigenvalue weighted by Gasteiger charge is 2.13. The van der Waals surface area contributed by atoms with Gasteiger partial charge in [-0.3, -0.25) is 4.98 Å². The third-order valence-electron chi connectivity index (χ3n) is 2.87. The van der Waals surface area contributed by atoms with Crippen LogP contribution in [0.5, 0.6) is 0 Å². The summed E-state index contributed by atoms with van der Waals surface area (Å²) in [4.78, 5) is 4.60. The van der Waals surface area contributed by atoms with Crippen molar-refractivity contribution in [2.45, 2.75) is 27.2 Å². The zero-order valence-electron chi connectivity index (χ0n) is 10.7. The van der Waals surface area contributed by atoms with E-state index in [1.54, 1.807) is 0 Å². The number of aryl methyl sites for hydroxylation is 1. The first-order valence-electron chi connectivity index (χ1n) is 5.94. The van der Waals surface area contributed by atoms with E-state index in [1.807, 2.05) is 13.0 Å². The Morgan fingerprint density at radius 3 is 2.67 bits per heavy atom. The average Bonchev–Trinajstić information content (AvgIpc) is 2.24. The molecule has 0 spiro atoms. The molecule has 18 heavy (non-hydrogen) atoms. The number of aromatic nitrogens is 1. The van der Waals surface area contributed by atoms with E-state index in [4.69, 9.17) is 5.73 Å². The number of hydrogen-bond acceptors (Lipinski definition) is 2. The molecule has 0 saturated carbocycles. The molecule has 2 nitrogen and oxygen atoms in total. The summed E-state index contributed by atoms with van der Waals surface area (Å²) in [6.07, 6.45) is 0.870. The molecule has 2 rings (SSSR count). The van der Waals surface area contributed by atoms with E-state index in [0.29, 0.717) is 21.5 Å². The molecular weight excluding hydrogens is 295 g/mol. The Labute approximate surface area is 115 Å².